The topological polar surface area (TPSA) is 120 Å². The maximum atomic E-state index is 14.5. The predicted octanol–water partition coefficient (Wildman–Crippen LogP) is 6.59. The minimum atomic E-state index is -4.10. The summed E-state index contributed by atoms with van der Waals surface area (Å²) in [5.41, 5.74) is 2.03. The number of alkyl carbamates (subject to hydrolysis) is 1. The molecule has 214 valence electrons. The van der Waals surface area contributed by atoms with Crippen molar-refractivity contribution in [2.75, 3.05) is 11.0 Å². The van der Waals surface area contributed by atoms with Crippen LogP contribution < -0.4 is 19.1 Å². The van der Waals surface area contributed by atoms with Crippen molar-refractivity contribution in [3.05, 3.63) is 126 Å². The summed E-state index contributed by atoms with van der Waals surface area (Å²) in [4.78, 5) is 12.9. The van der Waals surface area contributed by atoms with E-state index in [2.05, 4.69) is 10.0 Å². The molecular weight excluding hydrogens is 563 g/mol. The average Bonchev–Trinajstić information content (AvgIpc) is 2.95. The van der Waals surface area contributed by atoms with Gasteiger partial charge in [0.1, 0.15) is 18.1 Å². The minimum Gasteiger partial charge on any atom is -0.445 e. The Hall–Kier alpha value is -4.27. The van der Waals surface area contributed by atoms with Crippen molar-refractivity contribution in [2.24, 2.45) is 0 Å². The van der Waals surface area contributed by atoms with E-state index in [1.54, 1.807) is 84.9 Å². The van der Waals surface area contributed by atoms with Gasteiger partial charge in [0.2, 0.25) is 10.0 Å². The Kier molecular flexibility index (Phi) is 10.1. The molecule has 0 aliphatic heterocycles. The van der Waals surface area contributed by atoms with Crippen LogP contribution in [0.5, 0.6) is 11.5 Å². The van der Waals surface area contributed by atoms with Gasteiger partial charge in [0.25, 0.3) is 0 Å². The summed E-state index contributed by atoms with van der Waals surface area (Å²) in [5.74, 6) is -0.472. The number of carbonyl (C=O) groups is 1. The first-order valence-electron chi connectivity index (χ1n) is 12.8. The third-order valence-electron chi connectivity index (χ3n) is 5.79. The number of benzene rings is 4. The molecule has 0 radical (unpaired) electrons. The van der Waals surface area contributed by atoms with E-state index in [0.717, 1.165) is 17.4 Å². The normalized spacial score (nSPS) is 12.1. The average molecular weight is 595 g/mol. The molecule has 0 bridgehead atoms. The molecular formula is C30H31N2O7PS. The zero-order chi connectivity index (χ0) is 29.1. The zero-order valence-electron chi connectivity index (χ0n) is 22.4. The van der Waals surface area contributed by atoms with Gasteiger partial charge in [-0.1, -0.05) is 78.9 Å². The van der Waals surface area contributed by atoms with Crippen LogP contribution in [0.15, 0.2) is 115 Å². The van der Waals surface area contributed by atoms with E-state index in [-0.39, 0.29) is 13.0 Å². The van der Waals surface area contributed by atoms with Gasteiger partial charge in [0.05, 0.1) is 6.26 Å². The Morgan fingerprint density at radius 2 is 1.27 bits per heavy atom. The van der Waals surface area contributed by atoms with Gasteiger partial charge in [-0.05, 0) is 60.4 Å². The molecule has 4 aromatic carbocycles. The second-order valence-corrected chi connectivity index (χ2v) is 13.0. The molecule has 1 amide bonds. The molecule has 11 heteroatoms. The first-order chi connectivity index (χ1) is 19.7. The quantitative estimate of drug-likeness (QED) is 0.168. The first-order valence-corrected chi connectivity index (χ1v) is 16.3. The Morgan fingerprint density at radius 3 is 1.78 bits per heavy atom. The van der Waals surface area contributed by atoms with Crippen molar-refractivity contribution in [3.8, 4) is 11.5 Å². The summed E-state index contributed by atoms with van der Waals surface area (Å²) < 4.78 is 57.4. The molecule has 4 aromatic rings. The van der Waals surface area contributed by atoms with Crippen LogP contribution in [0.1, 0.15) is 17.5 Å². The smallest absolute Gasteiger partial charge is 0.445 e. The highest BCUT2D eigenvalue weighted by molar-refractivity contribution is 7.92. The maximum Gasteiger partial charge on any atom is 0.453 e. The summed E-state index contributed by atoms with van der Waals surface area (Å²) in [7, 11) is -7.52. The van der Waals surface area contributed by atoms with Crippen molar-refractivity contribution in [2.45, 2.75) is 25.2 Å². The standard InChI is InChI=1S/C30H31N2O7PS/c1-41(35,36)32-26-20-17-24(18-21-26)19-22-29(31-30(33)37-23-25-11-5-2-6-12-25)40(34,38-27-13-7-3-8-14-27)39-28-15-9-4-10-16-28/h2-18,20-21,29,32H,19,22-23H2,1H3,(H,31,33). The highest BCUT2D eigenvalue weighted by atomic mass is 32.2. The largest absolute Gasteiger partial charge is 0.453 e. The molecule has 9 nitrogen and oxygen atoms in total. The number of carbonyl (C=O) groups excluding carboxylic acids is 1. The van der Waals surface area contributed by atoms with Crippen molar-refractivity contribution >= 4 is 29.4 Å². The lowest BCUT2D eigenvalue weighted by Crippen LogP contribution is -2.38. The van der Waals surface area contributed by atoms with E-state index in [1.165, 1.54) is 0 Å². The predicted molar refractivity (Wildman–Crippen MR) is 159 cm³/mol. The number of ether oxygens (including phenoxy) is 1. The lowest BCUT2D eigenvalue weighted by molar-refractivity contribution is 0.137. The van der Waals surface area contributed by atoms with Crippen LogP contribution in [-0.4, -0.2) is 26.5 Å². The molecule has 0 aromatic heterocycles. The molecule has 4 rings (SSSR count). The monoisotopic (exact) mass is 594 g/mol. The van der Waals surface area contributed by atoms with Crippen LogP contribution in [0.2, 0.25) is 0 Å². The SMILES string of the molecule is CS(=O)(=O)Nc1ccc(CCC(NC(=O)OCc2ccccc2)P(=O)(Oc2ccccc2)Oc2ccccc2)cc1. The van der Waals surface area contributed by atoms with Gasteiger partial charge >= 0.3 is 13.7 Å². The summed E-state index contributed by atoms with van der Waals surface area (Å²) in [5, 5.41) is 2.72. The van der Waals surface area contributed by atoms with Crippen LogP contribution in [0, 0.1) is 0 Å². The summed E-state index contributed by atoms with van der Waals surface area (Å²) >= 11 is 0. The lowest BCUT2D eigenvalue weighted by Gasteiger charge is -2.28. The number of nitrogens with one attached hydrogen (secondary N) is 2. The van der Waals surface area contributed by atoms with Gasteiger partial charge in [-0.3, -0.25) is 4.72 Å². The fraction of sp³-hybridized carbons (Fsp3) is 0.167. The molecule has 0 saturated heterocycles. The summed E-state index contributed by atoms with van der Waals surface area (Å²) in [6.07, 6.45) is 0.824. The summed E-state index contributed by atoms with van der Waals surface area (Å²) in [6, 6.07) is 33.1. The molecule has 0 fully saturated rings. The molecule has 41 heavy (non-hydrogen) atoms. The molecule has 0 aliphatic rings. The van der Waals surface area contributed by atoms with E-state index in [9.17, 15) is 17.8 Å². The Balaban J connectivity index is 1.58. The van der Waals surface area contributed by atoms with Crippen molar-refractivity contribution < 1.29 is 31.6 Å². The fourth-order valence-electron chi connectivity index (χ4n) is 3.87. The molecule has 0 saturated carbocycles. The van der Waals surface area contributed by atoms with E-state index < -0.39 is 29.5 Å². The van der Waals surface area contributed by atoms with Gasteiger partial charge in [-0.2, -0.15) is 0 Å². The van der Waals surface area contributed by atoms with E-state index in [0.29, 0.717) is 23.6 Å². The number of anilines is 1. The third kappa shape index (κ3) is 9.70. The van der Waals surface area contributed by atoms with Gasteiger partial charge < -0.3 is 19.1 Å². The maximum absolute atomic E-state index is 14.5. The number of sulfonamides is 1. The van der Waals surface area contributed by atoms with Crippen LogP contribution in [0.3, 0.4) is 0 Å². The van der Waals surface area contributed by atoms with E-state index in [1.807, 2.05) is 30.3 Å². The van der Waals surface area contributed by atoms with Gasteiger partial charge in [0.15, 0.2) is 5.78 Å². The molecule has 2 N–H and O–H groups in total. The lowest BCUT2D eigenvalue weighted by atomic mass is 10.1. The van der Waals surface area contributed by atoms with Gasteiger partial charge in [-0.15, -0.1) is 0 Å². The number of hydrogen-bond acceptors (Lipinski definition) is 7. The zero-order valence-corrected chi connectivity index (χ0v) is 24.1. The van der Waals surface area contributed by atoms with Crippen LogP contribution in [-0.2, 0) is 32.4 Å². The molecule has 1 unspecified atom stereocenters. The van der Waals surface area contributed by atoms with Crippen LogP contribution >= 0.6 is 7.60 Å². The van der Waals surface area contributed by atoms with Crippen molar-refractivity contribution in [3.63, 3.8) is 0 Å². The fourth-order valence-corrected chi connectivity index (χ4v) is 6.27. The molecule has 0 heterocycles. The highest BCUT2D eigenvalue weighted by Crippen LogP contribution is 2.53. The second-order valence-electron chi connectivity index (χ2n) is 9.18. The molecule has 0 spiro atoms. The van der Waals surface area contributed by atoms with E-state index in [4.69, 9.17) is 13.8 Å². The number of amides is 1. The Labute approximate surface area is 240 Å². The Morgan fingerprint density at radius 1 is 0.756 bits per heavy atom. The van der Waals surface area contributed by atoms with Crippen LogP contribution in [0.4, 0.5) is 10.5 Å². The van der Waals surface area contributed by atoms with Crippen LogP contribution in [0.25, 0.3) is 0 Å². The van der Waals surface area contributed by atoms with E-state index >= 15 is 0 Å². The molecule has 0 aliphatic carbocycles. The van der Waals surface area contributed by atoms with Gasteiger partial charge in [-0.25, -0.2) is 17.8 Å². The molecule has 1 atom stereocenters. The number of para-hydroxylation sites is 2. The minimum absolute atomic E-state index is 0.0254. The Bertz CT molecular complexity index is 1510. The third-order valence-corrected chi connectivity index (χ3v) is 8.48. The number of hydrogen-bond donors (Lipinski definition) is 2. The first kappa shape index (κ1) is 29.7. The number of aryl methyl sites for hydroxylation is 1. The summed E-state index contributed by atoms with van der Waals surface area (Å²) in [6.45, 7) is 0.0254. The van der Waals surface area contributed by atoms with Crippen molar-refractivity contribution in [1.29, 1.82) is 0 Å². The van der Waals surface area contributed by atoms with Crippen molar-refractivity contribution in [1.82, 2.24) is 5.32 Å². The number of rotatable bonds is 13. The highest BCUT2D eigenvalue weighted by Gasteiger charge is 2.41. The van der Waals surface area contributed by atoms with Gasteiger partial charge in [0, 0.05) is 5.69 Å². The second kappa shape index (κ2) is 13.9.